The monoisotopic (exact) mass is 278 g/mol. The molecule has 0 aliphatic heterocycles. The third-order valence-electron chi connectivity index (χ3n) is 2.35. The van der Waals surface area contributed by atoms with Crippen LogP contribution in [0.15, 0.2) is 29.2 Å². The maximum absolute atomic E-state index is 11.8. The van der Waals surface area contributed by atoms with Gasteiger partial charge in [-0.3, -0.25) is 0 Å². The molecule has 98 valence electrons. The van der Waals surface area contributed by atoms with Crippen LogP contribution in [0.25, 0.3) is 0 Å². The van der Waals surface area contributed by atoms with Crippen molar-refractivity contribution in [1.82, 2.24) is 4.72 Å². The van der Waals surface area contributed by atoms with Crippen LogP contribution in [0.4, 0.5) is 0 Å². The Morgan fingerprint density at radius 1 is 1.29 bits per heavy atom. The summed E-state index contributed by atoms with van der Waals surface area (Å²) in [5.74, 6) is 0. The number of benzene rings is 1. The molecule has 1 rings (SSSR count). The standard InChI is InChI=1S/C11H18N2O2S.ClH/c1-3-10-4-6-11(7-5-10)16(14,15)13-9(2)8-12;/h4-7,9,13H,3,8,12H2,1-2H3;1H/t9-;/m1./s1. The molecule has 0 radical (unpaired) electrons. The molecule has 6 heteroatoms. The van der Waals surface area contributed by atoms with Crippen molar-refractivity contribution in [3.63, 3.8) is 0 Å². The van der Waals surface area contributed by atoms with Gasteiger partial charge in [0.15, 0.2) is 0 Å². The summed E-state index contributed by atoms with van der Waals surface area (Å²) in [6.45, 7) is 4.04. The number of nitrogens with one attached hydrogen (secondary N) is 1. The first-order chi connectivity index (χ1) is 7.49. The van der Waals surface area contributed by atoms with Crippen LogP contribution in [0.2, 0.25) is 0 Å². The molecule has 1 aromatic carbocycles. The van der Waals surface area contributed by atoms with Crippen molar-refractivity contribution < 1.29 is 8.42 Å². The van der Waals surface area contributed by atoms with Crippen LogP contribution in [0.3, 0.4) is 0 Å². The molecule has 4 nitrogen and oxygen atoms in total. The summed E-state index contributed by atoms with van der Waals surface area (Å²) >= 11 is 0. The quantitative estimate of drug-likeness (QED) is 0.853. The van der Waals surface area contributed by atoms with Gasteiger partial charge in [-0.2, -0.15) is 0 Å². The Hall–Kier alpha value is -0.620. The van der Waals surface area contributed by atoms with E-state index in [2.05, 4.69) is 4.72 Å². The SMILES string of the molecule is CCc1ccc(S(=O)(=O)N[C@H](C)CN)cc1.Cl. The van der Waals surface area contributed by atoms with Crippen LogP contribution in [0.1, 0.15) is 19.4 Å². The molecule has 3 N–H and O–H groups in total. The molecule has 0 saturated heterocycles. The molecule has 0 amide bonds. The molecular formula is C11H19ClN2O2S. The van der Waals surface area contributed by atoms with Gasteiger partial charge < -0.3 is 5.73 Å². The van der Waals surface area contributed by atoms with Crippen LogP contribution < -0.4 is 10.5 Å². The minimum atomic E-state index is -3.43. The fourth-order valence-electron chi connectivity index (χ4n) is 1.29. The van der Waals surface area contributed by atoms with Gasteiger partial charge in [-0.15, -0.1) is 12.4 Å². The number of halogens is 1. The number of hydrogen-bond donors (Lipinski definition) is 2. The lowest BCUT2D eigenvalue weighted by atomic mass is 10.2. The molecule has 0 fully saturated rings. The Balaban J connectivity index is 0.00000256. The zero-order valence-electron chi connectivity index (χ0n) is 10.0. The lowest BCUT2D eigenvalue weighted by Gasteiger charge is -2.12. The Morgan fingerprint density at radius 3 is 2.24 bits per heavy atom. The molecule has 17 heavy (non-hydrogen) atoms. The fraction of sp³-hybridized carbons (Fsp3) is 0.455. The lowest BCUT2D eigenvalue weighted by molar-refractivity contribution is 0.562. The first-order valence-corrected chi connectivity index (χ1v) is 6.79. The van der Waals surface area contributed by atoms with Crippen molar-refractivity contribution in [3.05, 3.63) is 29.8 Å². The van der Waals surface area contributed by atoms with Gasteiger partial charge in [-0.25, -0.2) is 13.1 Å². The highest BCUT2D eigenvalue weighted by Gasteiger charge is 2.15. The van der Waals surface area contributed by atoms with E-state index in [0.29, 0.717) is 0 Å². The van der Waals surface area contributed by atoms with Crippen LogP contribution in [0.5, 0.6) is 0 Å². The second-order valence-corrected chi connectivity index (χ2v) is 5.47. The molecule has 0 bridgehead atoms. The van der Waals surface area contributed by atoms with Crippen LogP contribution >= 0.6 is 12.4 Å². The van der Waals surface area contributed by atoms with Crippen LogP contribution in [-0.2, 0) is 16.4 Å². The summed E-state index contributed by atoms with van der Waals surface area (Å²) in [6.07, 6.45) is 0.896. The number of nitrogens with two attached hydrogens (primary N) is 1. The zero-order valence-corrected chi connectivity index (χ0v) is 11.6. The Bertz CT molecular complexity index is 431. The van der Waals surface area contributed by atoms with Gasteiger partial charge in [-0.1, -0.05) is 19.1 Å². The van der Waals surface area contributed by atoms with Gasteiger partial charge >= 0.3 is 0 Å². The predicted molar refractivity (Wildman–Crippen MR) is 71.9 cm³/mol. The summed E-state index contributed by atoms with van der Waals surface area (Å²) in [6, 6.07) is 6.62. The maximum Gasteiger partial charge on any atom is 0.240 e. The first kappa shape index (κ1) is 16.4. The van der Waals surface area contributed by atoms with Crippen molar-refractivity contribution >= 4 is 22.4 Å². The van der Waals surface area contributed by atoms with Gasteiger partial charge in [0.05, 0.1) is 4.90 Å². The average Bonchev–Trinajstić information content (AvgIpc) is 2.28. The average molecular weight is 279 g/mol. The highest BCUT2D eigenvalue weighted by atomic mass is 35.5. The van der Waals surface area contributed by atoms with E-state index in [4.69, 9.17) is 5.73 Å². The van der Waals surface area contributed by atoms with E-state index in [1.165, 1.54) is 0 Å². The van der Waals surface area contributed by atoms with Crippen molar-refractivity contribution in [1.29, 1.82) is 0 Å². The van der Waals surface area contributed by atoms with Gasteiger partial charge in [0.2, 0.25) is 10.0 Å². The molecule has 1 aromatic rings. The van der Waals surface area contributed by atoms with E-state index in [9.17, 15) is 8.42 Å². The highest BCUT2D eigenvalue weighted by molar-refractivity contribution is 7.89. The van der Waals surface area contributed by atoms with E-state index >= 15 is 0 Å². The van der Waals surface area contributed by atoms with Gasteiger partial charge in [0.1, 0.15) is 0 Å². The van der Waals surface area contributed by atoms with Crippen molar-refractivity contribution in [2.45, 2.75) is 31.2 Å². The normalized spacial score (nSPS) is 12.9. The molecule has 0 aromatic heterocycles. The smallest absolute Gasteiger partial charge is 0.240 e. The molecule has 0 spiro atoms. The maximum atomic E-state index is 11.8. The van der Waals surface area contributed by atoms with Gasteiger partial charge in [0.25, 0.3) is 0 Å². The second kappa shape index (κ2) is 6.96. The zero-order chi connectivity index (χ0) is 12.2. The highest BCUT2D eigenvalue weighted by Crippen LogP contribution is 2.11. The van der Waals surface area contributed by atoms with E-state index < -0.39 is 10.0 Å². The van der Waals surface area contributed by atoms with Gasteiger partial charge in [-0.05, 0) is 31.0 Å². The molecule has 0 unspecified atom stereocenters. The van der Waals surface area contributed by atoms with Crippen LogP contribution in [-0.4, -0.2) is 21.0 Å². The molecule has 1 atom stereocenters. The first-order valence-electron chi connectivity index (χ1n) is 5.31. The van der Waals surface area contributed by atoms with E-state index in [1.54, 1.807) is 19.1 Å². The van der Waals surface area contributed by atoms with Crippen molar-refractivity contribution in [2.75, 3.05) is 6.54 Å². The lowest BCUT2D eigenvalue weighted by Crippen LogP contribution is -2.37. The Labute approximate surface area is 109 Å². The molecular weight excluding hydrogens is 260 g/mol. The summed E-state index contributed by atoms with van der Waals surface area (Å²) in [7, 11) is -3.43. The Kier molecular flexibility index (Phi) is 6.70. The minimum Gasteiger partial charge on any atom is -0.329 e. The third kappa shape index (κ3) is 4.63. The second-order valence-electron chi connectivity index (χ2n) is 3.76. The topological polar surface area (TPSA) is 72.2 Å². The van der Waals surface area contributed by atoms with Gasteiger partial charge in [0, 0.05) is 12.6 Å². The van der Waals surface area contributed by atoms with E-state index in [-0.39, 0.29) is 29.9 Å². The number of sulfonamides is 1. The predicted octanol–water partition coefficient (Wildman–Crippen LogP) is 1.30. The summed E-state index contributed by atoms with van der Waals surface area (Å²) in [5, 5.41) is 0. The summed E-state index contributed by atoms with van der Waals surface area (Å²) in [5.41, 5.74) is 6.49. The number of hydrogen-bond acceptors (Lipinski definition) is 3. The Morgan fingerprint density at radius 2 is 1.82 bits per heavy atom. The minimum absolute atomic E-state index is 0. The summed E-state index contributed by atoms with van der Waals surface area (Å²) < 4.78 is 26.2. The van der Waals surface area contributed by atoms with Crippen LogP contribution in [0, 0.1) is 0 Å². The molecule has 0 aliphatic rings. The third-order valence-corrected chi connectivity index (χ3v) is 3.96. The van der Waals surface area contributed by atoms with E-state index in [0.717, 1.165) is 12.0 Å². The number of rotatable bonds is 5. The van der Waals surface area contributed by atoms with Crippen molar-refractivity contribution in [3.8, 4) is 0 Å². The largest absolute Gasteiger partial charge is 0.329 e. The molecule has 0 aliphatic carbocycles. The molecule has 0 saturated carbocycles. The van der Waals surface area contributed by atoms with E-state index in [1.807, 2.05) is 19.1 Å². The fourth-order valence-corrected chi connectivity index (χ4v) is 2.54. The number of aryl methyl sites for hydroxylation is 1. The molecule has 0 heterocycles. The summed E-state index contributed by atoms with van der Waals surface area (Å²) in [4.78, 5) is 0.282. The van der Waals surface area contributed by atoms with Crippen molar-refractivity contribution in [2.24, 2.45) is 5.73 Å².